The molecule has 3 heterocycles. The molecule has 1 aromatic carbocycles. The van der Waals surface area contributed by atoms with Crippen LogP contribution in [0.5, 0.6) is 0 Å². The molecule has 0 saturated carbocycles. The number of aromatic nitrogens is 4. The van der Waals surface area contributed by atoms with Gasteiger partial charge in [0.05, 0.1) is 41.1 Å². The molecule has 1 aliphatic rings. The summed E-state index contributed by atoms with van der Waals surface area (Å²) in [5.74, 6) is 5.54. The van der Waals surface area contributed by atoms with E-state index in [1.165, 1.54) is 6.08 Å². The van der Waals surface area contributed by atoms with E-state index in [9.17, 15) is 9.59 Å². The van der Waals surface area contributed by atoms with Gasteiger partial charge < -0.3 is 25.3 Å². The maximum absolute atomic E-state index is 12.4. The van der Waals surface area contributed by atoms with E-state index in [0.29, 0.717) is 36.0 Å². The van der Waals surface area contributed by atoms with E-state index >= 15 is 0 Å². The van der Waals surface area contributed by atoms with E-state index in [4.69, 9.17) is 22.1 Å². The molecule has 35 heavy (non-hydrogen) atoms. The van der Waals surface area contributed by atoms with Gasteiger partial charge in [0.15, 0.2) is 5.69 Å². The molecule has 0 radical (unpaired) electrons. The molecule has 3 aromatic rings. The molecule has 1 aliphatic heterocycles. The Morgan fingerprint density at radius 1 is 1.40 bits per heavy atom. The van der Waals surface area contributed by atoms with Gasteiger partial charge in [-0.3, -0.25) is 9.59 Å². The highest BCUT2D eigenvalue weighted by atomic mass is 35.5. The second-order valence-corrected chi connectivity index (χ2v) is 8.66. The normalized spacial score (nSPS) is 17.3. The summed E-state index contributed by atoms with van der Waals surface area (Å²) < 4.78 is 8.84. The average molecular weight is 496 g/mol. The lowest BCUT2D eigenvalue weighted by molar-refractivity contribution is -0.127. The molecule has 0 unspecified atom stereocenters. The second kappa shape index (κ2) is 9.82. The summed E-state index contributed by atoms with van der Waals surface area (Å²) in [6, 6.07) is 3.21. The number of halogens is 1. The Bertz CT molecular complexity index is 1380. The number of carbonyl (C=O) groups is 2. The third kappa shape index (κ3) is 4.48. The first-order valence-electron chi connectivity index (χ1n) is 10.9. The van der Waals surface area contributed by atoms with Crippen molar-refractivity contribution in [3.8, 4) is 11.8 Å². The van der Waals surface area contributed by atoms with Crippen molar-refractivity contribution in [1.29, 1.82) is 0 Å². The number of benzene rings is 1. The highest BCUT2D eigenvalue weighted by molar-refractivity contribution is 6.32. The Hall–Kier alpha value is -3.81. The Balaban J connectivity index is 1.75. The number of hydrogen-bond acceptors (Lipinski definition) is 6. The van der Waals surface area contributed by atoms with Crippen LogP contribution in [-0.2, 0) is 16.6 Å². The first-order valence-corrected chi connectivity index (χ1v) is 11.3. The summed E-state index contributed by atoms with van der Waals surface area (Å²) in [6.45, 7) is 4.34. The van der Waals surface area contributed by atoms with Crippen molar-refractivity contribution in [2.45, 2.75) is 18.5 Å². The zero-order valence-electron chi connectivity index (χ0n) is 19.7. The summed E-state index contributed by atoms with van der Waals surface area (Å²) >= 11 is 6.44. The van der Waals surface area contributed by atoms with Gasteiger partial charge in [-0.2, -0.15) is 5.10 Å². The van der Waals surface area contributed by atoms with Crippen LogP contribution in [0.15, 0.2) is 31.1 Å². The van der Waals surface area contributed by atoms with Gasteiger partial charge in [-0.05, 0) is 30.6 Å². The van der Waals surface area contributed by atoms with Gasteiger partial charge in [0.1, 0.15) is 11.4 Å². The van der Waals surface area contributed by atoms with E-state index in [2.05, 4.69) is 33.8 Å². The Kier molecular flexibility index (Phi) is 6.82. The smallest absolute Gasteiger partial charge is 0.255 e. The van der Waals surface area contributed by atoms with Crippen molar-refractivity contribution in [3.63, 3.8) is 0 Å². The molecule has 2 atom stereocenters. The minimum Gasteiger partial charge on any atom is -0.383 e. The van der Waals surface area contributed by atoms with Crippen molar-refractivity contribution in [3.05, 3.63) is 53.0 Å². The quantitative estimate of drug-likeness (QED) is 0.398. The molecule has 2 aromatic heterocycles. The van der Waals surface area contributed by atoms with E-state index in [0.717, 1.165) is 11.0 Å². The highest BCUT2D eigenvalue weighted by Crippen LogP contribution is 2.32. The second-order valence-electron chi connectivity index (χ2n) is 8.25. The molecule has 11 heteroatoms. The van der Waals surface area contributed by atoms with Crippen LogP contribution < -0.4 is 11.1 Å². The van der Waals surface area contributed by atoms with Gasteiger partial charge in [-0.15, -0.1) is 0 Å². The zero-order chi connectivity index (χ0) is 25.3. The van der Waals surface area contributed by atoms with E-state index in [1.54, 1.807) is 42.2 Å². The number of nitrogens with one attached hydrogen (secondary N) is 1. The molecule has 3 N–H and O–H groups in total. The Morgan fingerprint density at radius 3 is 2.83 bits per heavy atom. The molecule has 0 aliphatic carbocycles. The molecule has 182 valence electrons. The monoisotopic (exact) mass is 495 g/mol. The number of primary amides is 1. The Morgan fingerprint density at radius 2 is 2.17 bits per heavy atom. The molecule has 0 bridgehead atoms. The first-order chi connectivity index (χ1) is 16.8. The number of aryl methyl sites for hydroxylation is 1. The molecule has 1 fully saturated rings. The Labute approximate surface area is 207 Å². The van der Waals surface area contributed by atoms with Crippen molar-refractivity contribution >= 4 is 40.3 Å². The number of hydrogen-bond donors (Lipinski definition) is 2. The number of anilines is 1. The van der Waals surface area contributed by atoms with E-state index in [-0.39, 0.29) is 29.2 Å². The number of rotatable bonds is 6. The zero-order valence-corrected chi connectivity index (χ0v) is 20.5. The lowest BCUT2D eigenvalue weighted by Crippen LogP contribution is -2.37. The number of amides is 2. The number of imidazole rings is 1. The van der Waals surface area contributed by atoms with Crippen LogP contribution in [0.4, 0.5) is 5.82 Å². The van der Waals surface area contributed by atoms with Gasteiger partial charge in [0, 0.05) is 33.3 Å². The lowest BCUT2D eigenvalue weighted by atomic mass is 10.1. The van der Waals surface area contributed by atoms with E-state index in [1.807, 2.05) is 11.6 Å². The van der Waals surface area contributed by atoms with Crippen LogP contribution in [-0.4, -0.2) is 69.4 Å². The van der Waals surface area contributed by atoms with Crippen molar-refractivity contribution in [1.82, 2.24) is 24.2 Å². The first kappa shape index (κ1) is 24.3. The summed E-state index contributed by atoms with van der Waals surface area (Å²) in [7, 11) is 5.15. The predicted octanol–water partition coefficient (Wildman–Crippen LogP) is 1.94. The maximum Gasteiger partial charge on any atom is 0.255 e. The third-order valence-corrected chi connectivity index (χ3v) is 6.39. The molecular weight excluding hydrogens is 470 g/mol. The topological polar surface area (TPSA) is 120 Å². The van der Waals surface area contributed by atoms with Crippen molar-refractivity contribution in [2.75, 3.05) is 32.6 Å². The fourth-order valence-corrected chi connectivity index (χ4v) is 4.64. The summed E-state index contributed by atoms with van der Waals surface area (Å²) in [5, 5.41) is 8.10. The summed E-state index contributed by atoms with van der Waals surface area (Å²) in [4.78, 5) is 30.8. The average Bonchev–Trinajstić information content (AvgIpc) is 3.52. The number of nitrogens with two attached hydrogens (primary N) is 1. The van der Waals surface area contributed by atoms with E-state index < -0.39 is 5.91 Å². The molecular formula is C24H26ClN7O3. The maximum atomic E-state index is 12.4. The molecule has 4 rings (SSSR count). The highest BCUT2D eigenvalue weighted by Gasteiger charge is 2.37. The fourth-order valence-electron chi connectivity index (χ4n) is 4.44. The number of fused-ring (bicyclic) bond motifs is 1. The van der Waals surface area contributed by atoms with Crippen molar-refractivity contribution < 1.29 is 14.3 Å². The number of ether oxygens (including phenoxy) is 1. The van der Waals surface area contributed by atoms with Crippen LogP contribution in [0.2, 0.25) is 5.02 Å². The molecule has 1 saturated heterocycles. The number of nitrogens with zero attached hydrogens (tertiary/aromatic N) is 5. The molecule has 2 amide bonds. The molecule has 0 spiro atoms. The van der Waals surface area contributed by atoms with Gasteiger partial charge in [-0.1, -0.05) is 24.1 Å². The summed E-state index contributed by atoms with van der Waals surface area (Å²) in [5.41, 5.74) is 8.29. The van der Waals surface area contributed by atoms with Crippen LogP contribution in [0, 0.1) is 11.8 Å². The minimum atomic E-state index is -0.665. The fraction of sp³-hybridized carbons (Fsp3) is 0.333. The van der Waals surface area contributed by atoms with Gasteiger partial charge >= 0.3 is 0 Å². The van der Waals surface area contributed by atoms with Crippen LogP contribution in [0.25, 0.3) is 11.0 Å². The lowest BCUT2D eigenvalue weighted by Gasteiger charge is -2.22. The minimum absolute atomic E-state index is 0.153. The van der Waals surface area contributed by atoms with Crippen LogP contribution in [0.3, 0.4) is 0 Å². The van der Waals surface area contributed by atoms with Crippen LogP contribution >= 0.6 is 11.6 Å². The van der Waals surface area contributed by atoms with Gasteiger partial charge in [0.2, 0.25) is 5.91 Å². The van der Waals surface area contributed by atoms with Gasteiger partial charge in [-0.25, -0.2) is 9.67 Å². The van der Waals surface area contributed by atoms with Crippen LogP contribution in [0.1, 0.15) is 34.1 Å². The van der Waals surface area contributed by atoms with Gasteiger partial charge in [0.25, 0.3) is 5.91 Å². The third-order valence-electron chi connectivity index (χ3n) is 6.08. The van der Waals surface area contributed by atoms with Crippen molar-refractivity contribution in [2.24, 2.45) is 12.8 Å². The standard InChI is InChI=1S/C24H26ClN7O3/c1-5-21(33)31-11-15(9-16(31)12-35-4)32-24(27-2)22(23(26)34)18(29-32)7-6-14-8-19-20(10-17(14)25)30(3)13-28-19/h5,8,10,13,15-16,27H,1,9,11-12H2,2-4H3,(H2,26,34)/t15-,16+/m0/s1. The number of carbonyl (C=O) groups excluding carboxylic acids is 2. The number of methoxy groups -OCH3 is 1. The SMILES string of the molecule is C=CC(=O)N1C[C@@H](n2nc(C#Cc3cc4ncn(C)c4cc3Cl)c(C(N)=O)c2NC)C[C@@H]1COC. The predicted molar refractivity (Wildman–Crippen MR) is 133 cm³/mol. The number of likely N-dealkylation sites (tertiary alicyclic amines) is 1. The summed E-state index contributed by atoms with van der Waals surface area (Å²) in [6.07, 6.45) is 3.56. The largest absolute Gasteiger partial charge is 0.383 e. The molecule has 10 nitrogen and oxygen atoms in total.